The van der Waals surface area contributed by atoms with E-state index < -0.39 is 15.4 Å². The molecular formula is C15H21NO4S. The van der Waals surface area contributed by atoms with Gasteiger partial charge in [-0.3, -0.25) is 0 Å². The maximum absolute atomic E-state index is 12.7. The zero-order valence-electron chi connectivity index (χ0n) is 12.1. The summed E-state index contributed by atoms with van der Waals surface area (Å²) in [4.78, 5) is 0.319. The molecule has 0 amide bonds. The van der Waals surface area contributed by atoms with Crippen molar-refractivity contribution in [3.05, 3.63) is 29.8 Å². The van der Waals surface area contributed by atoms with Gasteiger partial charge in [0.1, 0.15) is 0 Å². The van der Waals surface area contributed by atoms with Gasteiger partial charge in [-0.1, -0.05) is 17.7 Å². The average Bonchev–Trinajstić information content (AvgIpc) is 3.06. The highest BCUT2D eigenvalue weighted by Gasteiger charge is 2.56. The van der Waals surface area contributed by atoms with Crippen molar-refractivity contribution < 1.29 is 18.6 Å². The highest BCUT2D eigenvalue weighted by Crippen LogP contribution is 2.51. The van der Waals surface area contributed by atoms with Crippen molar-refractivity contribution in [1.82, 2.24) is 4.31 Å². The predicted octanol–water partition coefficient (Wildman–Crippen LogP) is 0.749. The van der Waals surface area contributed by atoms with Crippen molar-refractivity contribution >= 4 is 10.0 Å². The summed E-state index contributed by atoms with van der Waals surface area (Å²) in [6, 6.07) is 6.77. The molecule has 2 fully saturated rings. The van der Waals surface area contributed by atoms with Crippen LogP contribution in [-0.4, -0.2) is 48.7 Å². The molecule has 1 aromatic carbocycles. The van der Waals surface area contributed by atoms with E-state index >= 15 is 0 Å². The summed E-state index contributed by atoms with van der Waals surface area (Å²) in [6.07, 6.45) is 1.27. The maximum Gasteiger partial charge on any atom is 0.243 e. The number of hydrogen-bond donors (Lipinski definition) is 2. The Kier molecular flexibility index (Phi) is 3.60. The number of aliphatic hydroxyl groups is 2. The lowest BCUT2D eigenvalue weighted by atomic mass is 9.78. The third-order valence-corrected chi connectivity index (χ3v) is 7.06. The Balaban J connectivity index is 1.86. The summed E-state index contributed by atoms with van der Waals surface area (Å²) in [5.41, 5.74) is 0.515. The van der Waals surface area contributed by atoms with E-state index in [4.69, 9.17) is 0 Å². The van der Waals surface area contributed by atoms with Crippen LogP contribution in [0.3, 0.4) is 0 Å². The highest BCUT2D eigenvalue weighted by atomic mass is 32.2. The zero-order valence-corrected chi connectivity index (χ0v) is 12.9. The molecule has 0 radical (unpaired) electrons. The Labute approximate surface area is 125 Å². The smallest absolute Gasteiger partial charge is 0.243 e. The van der Waals surface area contributed by atoms with Gasteiger partial charge in [-0.25, -0.2) is 8.42 Å². The molecule has 21 heavy (non-hydrogen) atoms. The molecule has 2 bridgehead atoms. The van der Waals surface area contributed by atoms with Crippen LogP contribution in [-0.2, 0) is 10.0 Å². The van der Waals surface area contributed by atoms with E-state index in [1.807, 2.05) is 6.92 Å². The third kappa shape index (κ3) is 2.21. The molecule has 0 unspecified atom stereocenters. The van der Waals surface area contributed by atoms with Crippen molar-refractivity contribution in [3.63, 3.8) is 0 Å². The third-order valence-electron chi connectivity index (χ3n) is 5.13. The fraction of sp³-hybridized carbons (Fsp3) is 0.600. The Morgan fingerprint density at radius 3 is 2.33 bits per heavy atom. The molecule has 0 aromatic heterocycles. The first-order valence-electron chi connectivity index (χ1n) is 7.23. The first-order valence-corrected chi connectivity index (χ1v) is 8.67. The van der Waals surface area contributed by atoms with Gasteiger partial charge in [0.25, 0.3) is 0 Å². The minimum Gasteiger partial charge on any atom is -0.396 e. The van der Waals surface area contributed by atoms with Gasteiger partial charge >= 0.3 is 0 Å². The van der Waals surface area contributed by atoms with Crippen molar-refractivity contribution in [1.29, 1.82) is 0 Å². The fourth-order valence-corrected chi connectivity index (χ4v) is 5.41. The first kappa shape index (κ1) is 15.0. The van der Waals surface area contributed by atoms with E-state index in [9.17, 15) is 18.6 Å². The van der Waals surface area contributed by atoms with Crippen LogP contribution in [0, 0.1) is 18.3 Å². The summed E-state index contributed by atoms with van der Waals surface area (Å²) >= 11 is 0. The van der Waals surface area contributed by atoms with E-state index in [1.165, 1.54) is 0 Å². The number of aliphatic hydroxyl groups excluding tert-OH is 2. The van der Waals surface area contributed by atoms with Crippen LogP contribution in [0.25, 0.3) is 0 Å². The second-order valence-electron chi connectivity index (χ2n) is 6.36. The van der Waals surface area contributed by atoms with Crippen LogP contribution < -0.4 is 0 Å². The number of nitrogens with zero attached hydrogens (tertiary/aromatic N) is 1. The Morgan fingerprint density at radius 2 is 1.86 bits per heavy atom. The molecule has 0 spiro atoms. The number of rotatable bonds is 4. The zero-order chi connectivity index (χ0) is 15.3. The highest BCUT2D eigenvalue weighted by molar-refractivity contribution is 7.89. The molecule has 1 heterocycles. The molecule has 1 saturated carbocycles. The Bertz CT molecular complexity index is 622. The summed E-state index contributed by atoms with van der Waals surface area (Å²) in [5, 5.41) is 19.1. The summed E-state index contributed by atoms with van der Waals surface area (Å²) in [7, 11) is -3.48. The number of aryl methyl sites for hydroxylation is 1. The topological polar surface area (TPSA) is 77.8 Å². The molecule has 1 aromatic rings. The van der Waals surface area contributed by atoms with Crippen LogP contribution in [0.5, 0.6) is 0 Å². The molecule has 2 aliphatic rings. The van der Waals surface area contributed by atoms with Gasteiger partial charge in [0, 0.05) is 18.0 Å². The number of sulfonamides is 1. The van der Waals surface area contributed by atoms with Crippen LogP contribution in [0.1, 0.15) is 18.4 Å². The van der Waals surface area contributed by atoms with Gasteiger partial charge in [0.2, 0.25) is 10.0 Å². The van der Waals surface area contributed by atoms with E-state index in [0.717, 1.165) is 12.0 Å². The number of fused-ring (bicyclic) bond motifs is 2. The van der Waals surface area contributed by atoms with Gasteiger partial charge in [0.15, 0.2) is 0 Å². The van der Waals surface area contributed by atoms with E-state index in [-0.39, 0.29) is 25.2 Å². The van der Waals surface area contributed by atoms with Gasteiger partial charge in [-0.05, 0) is 37.8 Å². The van der Waals surface area contributed by atoms with Crippen molar-refractivity contribution in [2.75, 3.05) is 19.8 Å². The normalized spacial score (nSPS) is 28.1. The summed E-state index contributed by atoms with van der Waals surface area (Å²) in [5.74, 6) is 0.0396. The molecular weight excluding hydrogens is 290 g/mol. The van der Waals surface area contributed by atoms with Gasteiger partial charge in [-0.2, -0.15) is 4.31 Å². The number of piperidine rings is 1. The van der Waals surface area contributed by atoms with Crippen molar-refractivity contribution in [2.45, 2.75) is 30.7 Å². The van der Waals surface area contributed by atoms with Crippen LogP contribution in [0.4, 0.5) is 0 Å². The lowest BCUT2D eigenvalue weighted by molar-refractivity contribution is 0.00249. The molecule has 2 atom stereocenters. The lowest BCUT2D eigenvalue weighted by Crippen LogP contribution is -2.47. The van der Waals surface area contributed by atoms with Crippen LogP contribution in [0.2, 0.25) is 0 Å². The van der Waals surface area contributed by atoms with Gasteiger partial charge in [-0.15, -0.1) is 0 Å². The second kappa shape index (κ2) is 5.05. The van der Waals surface area contributed by atoms with Crippen molar-refractivity contribution in [3.8, 4) is 0 Å². The molecule has 116 valence electrons. The average molecular weight is 311 g/mol. The molecule has 5 nitrogen and oxygen atoms in total. The molecule has 1 aliphatic heterocycles. The van der Waals surface area contributed by atoms with Crippen LogP contribution >= 0.6 is 0 Å². The number of benzene rings is 1. The second-order valence-corrected chi connectivity index (χ2v) is 8.25. The SMILES string of the molecule is Cc1ccc(S(=O)(=O)N2C[C@@H]3C[C@H]2CC3(CO)CO)cc1. The Hall–Kier alpha value is -0.950. The van der Waals surface area contributed by atoms with Gasteiger partial charge in [0.05, 0.1) is 18.1 Å². The quantitative estimate of drug-likeness (QED) is 0.860. The first-order chi connectivity index (χ1) is 9.93. The summed E-state index contributed by atoms with van der Waals surface area (Å²) in [6.45, 7) is 2.15. The van der Waals surface area contributed by atoms with Gasteiger partial charge < -0.3 is 10.2 Å². The maximum atomic E-state index is 12.7. The standard InChI is InChI=1S/C15H21NO4S/c1-11-2-4-14(5-3-11)21(19,20)16-8-12-6-13(16)7-15(12,9-17)10-18/h2-5,12-13,17-18H,6-10H2,1H3/t12-,13-/m0/s1. The number of hydrogen-bond acceptors (Lipinski definition) is 4. The molecule has 2 N–H and O–H groups in total. The monoisotopic (exact) mass is 311 g/mol. The van der Waals surface area contributed by atoms with Crippen LogP contribution in [0.15, 0.2) is 29.2 Å². The summed E-state index contributed by atoms with van der Waals surface area (Å²) < 4.78 is 27.0. The molecule has 3 rings (SSSR count). The van der Waals surface area contributed by atoms with E-state index in [0.29, 0.717) is 17.9 Å². The molecule has 1 saturated heterocycles. The fourth-order valence-electron chi connectivity index (χ4n) is 3.73. The molecule has 1 aliphatic carbocycles. The Morgan fingerprint density at radius 1 is 1.24 bits per heavy atom. The largest absolute Gasteiger partial charge is 0.396 e. The van der Waals surface area contributed by atoms with Crippen molar-refractivity contribution in [2.24, 2.45) is 11.3 Å². The lowest BCUT2D eigenvalue weighted by Gasteiger charge is -2.38. The minimum atomic E-state index is -3.48. The predicted molar refractivity (Wildman–Crippen MR) is 78.2 cm³/mol. The van der Waals surface area contributed by atoms with E-state index in [1.54, 1.807) is 28.6 Å². The minimum absolute atomic E-state index is 0.0396. The van der Waals surface area contributed by atoms with E-state index in [2.05, 4.69) is 0 Å². The molecule has 6 heteroatoms.